The number of carbonyl (C=O) groups excluding carboxylic acids is 1. The van der Waals surface area contributed by atoms with E-state index >= 15 is 0 Å². The Morgan fingerprint density at radius 3 is 2.59 bits per heavy atom. The highest BCUT2D eigenvalue weighted by Gasteiger charge is 2.31. The van der Waals surface area contributed by atoms with Gasteiger partial charge >= 0.3 is 6.18 Å². The van der Waals surface area contributed by atoms with Gasteiger partial charge in [0.2, 0.25) is 0 Å². The number of nitrogens with two attached hydrogens (primary N) is 1. The van der Waals surface area contributed by atoms with Crippen LogP contribution < -0.4 is 10.7 Å². The number of aryl methyl sites for hydroxylation is 1. The molecule has 0 saturated heterocycles. The van der Waals surface area contributed by atoms with Crippen molar-refractivity contribution < 1.29 is 22.4 Å². The van der Waals surface area contributed by atoms with E-state index in [9.17, 15) is 22.4 Å². The Labute approximate surface area is 217 Å². The SMILES string of the molecule is Cn1ncc2c(N)nc3ccc(C(=O)N(Cc4ccc(C(F)(F)F)cc4F)n4cnc5ccccc54)cc3c21. The summed E-state index contributed by atoms with van der Waals surface area (Å²) in [6, 6.07) is 14.1. The lowest BCUT2D eigenvalue weighted by Crippen LogP contribution is -2.39. The lowest BCUT2D eigenvalue weighted by molar-refractivity contribution is -0.137. The van der Waals surface area contributed by atoms with Gasteiger partial charge in [0, 0.05) is 23.6 Å². The van der Waals surface area contributed by atoms with Crippen molar-refractivity contribution in [1.82, 2.24) is 24.4 Å². The van der Waals surface area contributed by atoms with Crippen LogP contribution in [0.4, 0.5) is 23.4 Å². The molecule has 39 heavy (non-hydrogen) atoms. The Hall–Kier alpha value is -5.00. The van der Waals surface area contributed by atoms with Crippen LogP contribution in [0.2, 0.25) is 0 Å². The van der Waals surface area contributed by atoms with E-state index in [1.165, 1.54) is 16.0 Å². The number of hydrogen-bond acceptors (Lipinski definition) is 5. The zero-order valence-corrected chi connectivity index (χ0v) is 20.3. The molecule has 3 aromatic heterocycles. The highest BCUT2D eigenvalue weighted by Crippen LogP contribution is 2.31. The van der Waals surface area contributed by atoms with E-state index < -0.39 is 23.5 Å². The summed E-state index contributed by atoms with van der Waals surface area (Å²) in [5.41, 5.74) is 7.47. The molecule has 196 valence electrons. The molecule has 0 spiro atoms. The van der Waals surface area contributed by atoms with Gasteiger partial charge in [-0.2, -0.15) is 18.3 Å². The first-order valence-electron chi connectivity index (χ1n) is 11.7. The molecule has 0 unspecified atom stereocenters. The molecule has 0 atom stereocenters. The third-order valence-corrected chi connectivity index (χ3v) is 6.58. The second-order valence-corrected chi connectivity index (χ2v) is 9.00. The molecule has 8 nitrogen and oxygen atoms in total. The molecule has 0 radical (unpaired) electrons. The fourth-order valence-corrected chi connectivity index (χ4v) is 4.64. The first-order chi connectivity index (χ1) is 18.6. The highest BCUT2D eigenvalue weighted by molar-refractivity contribution is 6.11. The van der Waals surface area contributed by atoms with Gasteiger partial charge in [-0.15, -0.1) is 0 Å². The smallest absolute Gasteiger partial charge is 0.383 e. The van der Waals surface area contributed by atoms with Crippen molar-refractivity contribution in [2.75, 3.05) is 10.7 Å². The molecule has 0 fully saturated rings. The molecule has 6 rings (SSSR count). The Morgan fingerprint density at radius 2 is 1.82 bits per heavy atom. The zero-order chi connectivity index (χ0) is 27.5. The number of aromatic nitrogens is 5. The first kappa shape index (κ1) is 24.3. The maximum atomic E-state index is 14.9. The van der Waals surface area contributed by atoms with E-state index in [1.807, 2.05) is 0 Å². The maximum Gasteiger partial charge on any atom is 0.416 e. The third kappa shape index (κ3) is 4.10. The number of para-hydroxylation sites is 2. The van der Waals surface area contributed by atoms with Gasteiger partial charge in [0.05, 0.1) is 45.8 Å². The molecule has 3 heterocycles. The summed E-state index contributed by atoms with van der Waals surface area (Å²) in [5.74, 6) is -1.32. The van der Waals surface area contributed by atoms with Crippen molar-refractivity contribution in [3.63, 3.8) is 0 Å². The average Bonchev–Trinajstić information content (AvgIpc) is 3.51. The topological polar surface area (TPSA) is 94.9 Å². The minimum Gasteiger partial charge on any atom is -0.383 e. The number of fused-ring (bicyclic) bond motifs is 4. The van der Waals surface area contributed by atoms with Gasteiger partial charge in [-0.1, -0.05) is 18.2 Å². The monoisotopic (exact) mass is 533 g/mol. The molecule has 2 N–H and O–H groups in total. The normalized spacial score (nSPS) is 12.0. The van der Waals surface area contributed by atoms with Crippen molar-refractivity contribution in [3.8, 4) is 0 Å². The van der Waals surface area contributed by atoms with Gasteiger partial charge in [0.1, 0.15) is 18.0 Å². The first-order valence-corrected chi connectivity index (χ1v) is 11.7. The van der Waals surface area contributed by atoms with E-state index in [0.717, 1.165) is 12.1 Å². The minimum atomic E-state index is -4.70. The van der Waals surface area contributed by atoms with Crippen molar-refractivity contribution in [3.05, 3.63) is 95.7 Å². The predicted molar refractivity (Wildman–Crippen MR) is 138 cm³/mol. The number of pyridine rings is 1. The standard InChI is InChI=1S/C27H19F4N7O/c1-36-24-18-10-15(7-9-21(18)35-25(32)19(24)12-34-36)26(39)37(38-14-33-22-4-2-3-5-23(22)38)13-16-6-8-17(11-20(16)28)27(29,30)31/h2-12,14H,13H2,1H3,(H2,32,35). The molecular formula is C27H19F4N7O. The minimum absolute atomic E-state index is 0.0987. The van der Waals surface area contributed by atoms with Crippen LogP contribution in [0.1, 0.15) is 21.5 Å². The highest BCUT2D eigenvalue weighted by atomic mass is 19.4. The number of nitrogens with zero attached hydrogens (tertiary/aromatic N) is 6. The number of benzene rings is 3. The predicted octanol–water partition coefficient (Wildman–Crippen LogP) is 5.19. The van der Waals surface area contributed by atoms with E-state index in [4.69, 9.17) is 5.73 Å². The lowest BCUT2D eigenvalue weighted by Gasteiger charge is -2.25. The molecule has 0 aliphatic carbocycles. The maximum absolute atomic E-state index is 14.9. The fourth-order valence-electron chi connectivity index (χ4n) is 4.64. The summed E-state index contributed by atoms with van der Waals surface area (Å²) in [6.45, 7) is -0.359. The molecule has 1 amide bonds. The molecule has 0 saturated carbocycles. The van der Waals surface area contributed by atoms with Crippen LogP contribution in [0.5, 0.6) is 0 Å². The third-order valence-electron chi connectivity index (χ3n) is 6.58. The van der Waals surface area contributed by atoms with Gasteiger partial charge in [0.15, 0.2) is 0 Å². The summed E-state index contributed by atoms with van der Waals surface area (Å²) in [5, 5.41) is 6.73. The number of alkyl halides is 3. The van der Waals surface area contributed by atoms with Gasteiger partial charge in [-0.05, 0) is 42.5 Å². The molecule has 3 aromatic carbocycles. The van der Waals surface area contributed by atoms with Crippen molar-refractivity contribution in [1.29, 1.82) is 0 Å². The van der Waals surface area contributed by atoms with Crippen molar-refractivity contribution in [2.45, 2.75) is 12.7 Å². The van der Waals surface area contributed by atoms with Crippen LogP contribution in [0.3, 0.4) is 0 Å². The number of nitrogen functional groups attached to an aromatic ring is 1. The Kier molecular flexibility index (Phi) is 5.49. The summed E-state index contributed by atoms with van der Waals surface area (Å²) >= 11 is 0. The molecule has 6 aromatic rings. The Bertz CT molecular complexity index is 1910. The van der Waals surface area contributed by atoms with Crippen LogP contribution in [-0.2, 0) is 19.8 Å². The number of imidazole rings is 1. The van der Waals surface area contributed by atoms with Crippen molar-refractivity contribution >= 4 is 44.6 Å². The number of hydrogen-bond donors (Lipinski definition) is 1. The van der Waals surface area contributed by atoms with Crippen molar-refractivity contribution in [2.24, 2.45) is 7.05 Å². The number of rotatable bonds is 4. The number of carbonyl (C=O) groups is 1. The van der Waals surface area contributed by atoms with Gasteiger partial charge in [-0.3, -0.25) is 9.48 Å². The molecular weight excluding hydrogens is 514 g/mol. The van der Waals surface area contributed by atoms with Crippen LogP contribution in [0.25, 0.3) is 32.8 Å². The van der Waals surface area contributed by atoms with E-state index in [0.29, 0.717) is 44.7 Å². The van der Waals surface area contributed by atoms with E-state index in [1.54, 1.807) is 60.4 Å². The summed E-state index contributed by atoms with van der Waals surface area (Å²) < 4.78 is 57.3. The number of halogens is 4. The number of amides is 1. The van der Waals surface area contributed by atoms with Crippen LogP contribution in [0.15, 0.2) is 73.2 Å². The van der Waals surface area contributed by atoms with Crippen LogP contribution in [0, 0.1) is 5.82 Å². The number of anilines is 1. The fraction of sp³-hybridized carbons (Fsp3) is 0.111. The molecule has 0 aliphatic rings. The van der Waals surface area contributed by atoms with Crippen LogP contribution >= 0.6 is 0 Å². The second kappa shape index (κ2) is 8.79. The Balaban J connectivity index is 1.49. The van der Waals surface area contributed by atoms with Gasteiger partial charge < -0.3 is 5.73 Å². The summed E-state index contributed by atoms with van der Waals surface area (Å²) in [7, 11) is 1.74. The van der Waals surface area contributed by atoms with Gasteiger partial charge in [-0.25, -0.2) is 24.0 Å². The largest absolute Gasteiger partial charge is 0.416 e. The molecule has 0 bridgehead atoms. The second-order valence-electron chi connectivity index (χ2n) is 9.00. The summed E-state index contributed by atoms with van der Waals surface area (Å²) in [4.78, 5) is 22.7. The lowest BCUT2D eigenvalue weighted by atomic mass is 10.1. The van der Waals surface area contributed by atoms with E-state index in [2.05, 4.69) is 15.1 Å². The quantitative estimate of drug-likeness (QED) is 0.315. The Morgan fingerprint density at radius 1 is 1.03 bits per heavy atom. The average molecular weight is 533 g/mol. The zero-order valence-electron chi connectivity index (χ0n) is 20.3. The summed E-state index contributed by atoms with van der Waals surface area (Å²) in [6.07, 6.45) is -1.70. The van der Waals surface area contributed by atoms with E-state index in [-0.39, 0.29) is 17.7 Å². The molecule has 0 aliphatic heterocycles. The molecule has 12 heteroatoms. The van der Waals surface area contributed by atoms with Crippen LogP contribution in [-0.4, -0.2) is 30.3 Å². The van der Waals surface area contributed by atoms with Gasteiger partial charge in [0.25, 0.3) is 5.91 Å².